The Morgan fingerprint density at radius 1 is 1.08 bits per heavy atom. The Bertz CT molecular complexity index is 410. The average Bonchev–Trinajstić information content (AvgIpc) is 2.84. The van der Waals surface area contributed by atoms with Gasteiger partial charge < -0.3 is 15.1 Å². The molecule has 3 aliphatic rings. The number of likely N-dealkylation sites (N-methyl/N-ethyl adjacent to an activating group) is 1. The molecule has 0 aromatic carbocycles. The summed E-state index contributed by atoms with van der Waals surface area (Å²) in [5.74, 6) is 0. The Kier molecular flexibility index (Phi) is 6.39. The van der Waals surface area contributed by atoms with Crippen molar-refractivity contribution in [3.05, 3.63) is 0 Å². The van der Waals surface area contributed by atoms with Gasteiger partial charge in [-0.2, -0.15) is 0 Å². The molecule has 1 aliphatic carbocycles. The van der Waals surface area contributed by atoms with Crippen molar-refractivity contribution in [3.8, 4) is 0 Å². The predicted octanol–water partition coefficient (Wildman–Crippen LogP) is 2.52. The van der Waals surface area contributed by atoms with Gasteiger partial charge in [-0.3, -0.25) is 4.90 Å². The molecule has 1 saturated carbocycles. The minimum absolute atomic E-state index is 0.149. The highest BCUT2D eigenvalue weighted by atomic mass is 16.2. The average molecular weight is 337 g/mol. The summed E-state index contributed by atoms with van der Waals surface area (Å²) in [6, 6.07) is 2.18. The molecule has 1 N–H and O–H groups in total. The highest BCUT2D eigenvalue weighted by Crippen LogP contribution is 2.28. The van der Waals surface area contributed by atoms with E-state index in [1.807, 2.05) is 4.90 Å². The number of rotatable bonds is 5. The summed E-state index contributed by atoms with van der Waals surface area (Å²) in [7, 11) is 4.48. The standard InChI is InChI=1S/C19H36N4O/c1-21(16-7-4-3-5-8-16)13-6-12-20-19(24)23-14-11-17-9-10-18(15-23)22(17)2/h16-18H,3-15H2,1-2H3,(H,20,24). The van der Waals surface area contributed by atoms with Gasteiger partial charge in [-0.15, -0.1) is 0 Å². The van der Waals surface area contributed by atoms with Crippen LogP contribution in [0.2, 0.25) is 0 Å². The molecular formula is C19H36N4O. The second-order valence-electron chi connectivity index (χ2n) is 8.14. The Balaban J connectivity index is 1.33. The summed E-state index contributed by atoms with van der Waals surface area (Å²) in [5, 5.41) is 3.15. The molecule has 138 valence electrons. The van der Waals surface area contributed by atoms with Crippen molar-refractivity contribution in [2.75, 3.05) is 40.3 Å². The Labute approximate surface area is 147 Å². The summed E-state index contributed by atoms with van der Waals surface area (Å²) in [4.78, 5) is 19.5. The molecule has 2 heterocycles. The number of nitrogens with one attached hydrogen (secondary N) is 1. The minimum atomic E-state index is 0.149. The molecule has 2 saturated heterocycles. The van der Waals surface area contributed by atoms with Gasteiger partial charge in [0, 0.05) is 37.8 Å². The third-order valence-electron chi connectivity index (χ3n) is 6.60. The molecule has 3 fully saturated rings. The quantitative estimate of drug-likeness (QED) is 0.784. The summed E-state index contributed by atoms with van der Waals surface area (Å²) in [6.07, 6.45) is 11.6. The second-order valence-corrected chi connectivity index (χ2v) is 8.14. The van der Waals surface area contributed by atoms with Crippen molar-refractivity contribution >= 4 is 6.03 Å². The normalized spacial score (nSPS) is 29.0. The highest BCUT2D eigenvalue weighted by molar-refractivity contribution is 5.74. The number of amides is 2. The first kappa shape index (κ1) is 18.0. The van der Waals surface area contributed by atoms with Crippen molar-refractivity contribution in [2.45, 2.75) is 75.9 Å². The number of nitrogens with zero attached hydrogens (tertiary/aromatic N) is 3. The van der Waals surface area contributed by atoms with Crippen LogP contribution in [0.4, 0.5) is 4.79 Å². The SMILES string of the molecule is CN(CCCNC(=O)N1CCC2CCC(C1)N2C)C1CCCCC1. The third kappa shape index (κ3) is 4.42. The van der Waals surface area contributed by atoms with E-state index in [2.05, 4.69) is 29.2 Å². The minimum Gasteiger partial charge on any atom is -0.338 e. The molecule has 24 heavy (non-hydrogen) atoms. The Morgan fingerprint density at radius 3 is 2.62 bits per heavy atom. The van der Waals surface area contributed by atoms with E-state index in [1.54, 1.807) is 0 Å². The van der Waals surface area contributed by atoms with E-state index in [0.29, 0.717) is 12.1 Å². The van der Waals surface area contributed by atoms with Crippen LogP contribution in [0, 0.1) is 0 Å². The van der Waals surface area contributed by atoms with Gasteiger partial charge in [-0.05, 0) is 59.2 Å². The zero-order valence-corrected chi connectivity index (χ0v) is 15.7. The van der Waals surface area contributed by atoms with Crippen molar-refractivity contribution < 1.29 is 4.79 Å². The van der Waals surface area contributed by atoms with Crippen LogP contribution in [0.3, 0.4) is 0 Å². The van der Waals surface area contributed by atoms with Crippen LogP contribution in [0.1, 0.15) is 57.8 Å². The number of likely N-dealkylation sites (tertiary alicyclic amines) is 1. The molecule has 0 radical (unpaired) electrons. The summed E-state index contributed by atoms with van der Waals surface area (Å²) >= 11 is 0. The van der Waals surface area contributed by atoms with Crippen LogP contribution in [0.25, 0.3) is 0 Å². The molecule has 0 aromatic heterocycles. The molecule has 2 unspecified atom stereocenters. The molecule has 3 rings (SSSR count). The zero-order chi connectivity index (χ0) is 16.9. The summed E-state index contributed by atoms with van der Waals surface area (Å²) < 4.78 is 0. The lowest BCUT2D eigenvalue weighted by Crippen LogP contribution is -2.45. The molecule has 0 spiro atoms. The van der Waals surface area contributed by atoms with Gasteiger partial charge in [0.25, 0.3) is 0 Å². The first-order chi connectivity index (χ1) is 11.6. The maximum Gasteiger partial charge on any atom is 0.317 e. The van der Waals surface area contributed by atoms with Crippen LogP contribution in [-0.4, -0.2) is 79.1 Å². The Morgan fingerprint density at radius 2 is 1.83 bits per heavy atom. The number of urea groups is 1. The van der Waals surface area contributed by atoms with Crippen molar-refractivity contribution in [3.63, 3.8) is 0 Å². The van der Waals surface area contributed by atoms with Gasteiger partial charge in [-0.25, -0.2) is 4.79 Å². The van der Waals surface area contributed by atoms with E-state index in [9.17, 15) is 4.79 Å². The number of fused-ring (bicyclic) bond motifs is 2. The molecule has 5 nitrogen and oxygen atoms in total. The molecular weight excluding hydrogens is 300 g/mol. The van der Waals surface area contributed by atoms with Crippen LogP contribution in [0.5, 0.6) is 0 Å². The van der Waals surface area contributed by atoms with Gasteiger partial charge in [0.1, 0.15) is 0 Å². The monoisotopic (exact) mass is 336 g/mol. The smallest absolute Gasteiger partial charge is 0.317 e. The van der Waals surface area contributed by atoms with Gasteiger partial charge in [-0.1, -0.05) is 19.3 Å². The van der Waals surface area contributed by atoms with Gasteiger partial charge >= 0.3 is 6.03 Å². The van der Waals surface area contributed by atoms with Crippen molar-refractivity contribution in [1.29, 1.82) is 0 Å². The fourth-order valence-electron chi connectivity index (χ4n) is 4.83. The van der Waals surface area contributed by atoms with E-state index in [0.717, 1.165) is 45.1 Å². The van der Waals surface area contributed by atoms with Crippen molar-refractivity contribution in [1.82, 2.24) is 20.0 Å². The van der Waals surface area contributed by atoms with Crippen LogP contribution < -0.4 is 5.32 Å². The van der Waals surface area contributed by atoms with Crippen LogP contribution in [0.15, 0.2) is 0 Å². The van der Waals surface area contributed by atoms with Gasteiger partial charge in [0.15, 0.2) is 0 Å². The first-order valence-corrected chi connectivity index (χ1v) is 10.1. The lowest BCUT2D eigenvalue weighted by Gasteiger charge is -2.31. The largest absolute Gasteiger partial charge is 0.338 e. The summed E-state index contributed by atoms with van der Waals surface area (Å²) in [6.45, 7) is 3.72. The van der Waals surface area contributed by atoms with E-state index in [1.165, 1.54) is 44.9 Å². The number of hydrogen-bond donors (Lipinski definition) is 1. The van der Waals surface area contributed by atoms with E-state index in [-0.39, 0.29) is 6.03 Å². The second kappa shape index (κ2) is 8.52. The summed E-state index contributed by atoms with van der Waals surface area (Å²) in [5.41, 5.74) is 0. The van der Waals surface area contributed by atoms with Crippen molar-refractivity contribution in [2.24, 2.45) is 0 Å². The molecule has 2 amide bonds. The molecule has 2 aliphatic heterocycles. The number of carbonyl (C=O) groups excluding carboxylic acids is 1. The molecule has 5 heteroatoms. The Hall–Kier alpha value is -0.810. The fourth-order valence-corrected chi connectivity index (χ4v) is 4.83. The van der Waals surface area contributed by atoms with E-state index >= 15 is 0 Å². The van der Waals surface area contributed by atoms with Crippen LogP contribution >= 0.6 is 0 Å². The highest BCUT2D eigenvalue weighted by Gasteiger charge is 2.35. The lowest BCUT2D eigenvalue weighted by atomic mass is 9.94. The maximum atomic E-state index is 12.5. The predicted molar refractivity (Wildman–Crippen MR) is 98.3 cm³/mol. The molecule has 0 aromatic rings. The van der Waals surface area contributed by atoms with Gasteiger partial charge in [0.2, 0.25) is 0 Å². The van der Waals surface area contributed by atoms with E-state index in [4.69, 9.17) is 0 Å². The first-order valence-electron chi connectivity index (χ1n) is 10.1. The zero-order valence-electron chi connectivity index (χ0n) is 15.7. The number of carbonyl (C=O) groups is 1. The fraction of sp³-hybridized carbons (Fsp3) is 0.947. The lowest BCUT2D eigenvalue weighted by molar-refractivity contribution is 0.181. The third-order valence-corrected chi connectivity index (χ3v) is 6.60. The van der Waals surface area contributed by atoms with Gasteiger partial charge in [0.05, 0.1) is 0 Å². The molecule has 2 bridgehead atoms. The number of hydrogen-bond acceptors (Lipinski definition) is 3. The topological polar surface area (TPSA) is 38.8 Å². The molecule has 2 atom stereocenters. The maximum absolute atomic E-state index is 12.5. The van der Waals surface area contributed by atoms with E-state index < -0.39 is 0 Å². The van der Waals surface area contributed by atoms with Crippen LogP contribution in [-0.2, 0) is 0 Å².